The van der Waals surface area contributed by atoms with Crippen LogP contribution in [-0.4, -0.2) is 35.1 Å². The summed E-state index contributed by atoms with van der Waals surface area (Å²) in [6.07, 6.45) is 0.373. The van der Waals surface area contributed by atoms with Gasteiger partial charge in [-0.3, -0.25) is 9.59 Å². The van der Waals surface area contributed by atoms with Crippen LogP contribution in [0.3, 0.4) is 0 Å². The molecule has 0 unspecified atom stereocenters. The number of nitrogens with one attached hydrogen (secondary N) is 1. The summed E-state index contributed by atoms with van der Waals surface area (Å²) in [4.78, 5) is 28.8. The van der Waals surface area contributed by atoms with E-state index in [1.54, 1.807) is 23.1 Å². The molecule has 1 atom stereocenters. The number of thioether (sulfide) groups is 1. The van der Waals surface area contributed by atoms with Gasteiger partial charge < -0.3 is 10.2 Å². The summed E-state index contributed by atoms with van der Waals surface area (Å²) in [6.45, 7) is 4.71. The Kier molecular flexibility index (Phi) is 11.7. The molecule has 0 saturated heterocycles. The van der Waals surface area contributed by atoms with E-state index in [0.717, 1.165) is 11.1 Å². The van der Waals surface area contributed by atoms with Crippen LogP contribution in [0.5, 0.6) is 0 Å². The van der Waals surface area contributed by atoms with Crippen LogP contribution in [0.4, 0.5) is 0 Å². The summed E-state index contributed by atoms with van der Waals surface area (Å²) in [6, 6.07) is 21.8. The van der Waals surface area contributed by atoms with Crippen molar-refractivity contribution in [1.29, 1.82) is 0 Å². The number of halogens is 3. The molecule has 0 heterocycles. The Morgan fingerprint density at radius 1 is 0.892 bits per heavy atom. The molecule has 37 heavy (non-hydrogen) atoms. The molecular formula is C29H31Cl3N2O2S. The molecule has 2 amide bonds. The number of hydrogen-bond acceptors (Lipinski definition) is 3. The highest BCUT2D eigenvalue weighted by Gasteiger charge is 2.31. The van der Waals surface area contributed by atoms with Crippen LogP contribution in [0.2, 0.25) is 15.1 Å². The fourth-order valence-electron chi connectivity index (χ4n) is 3.80. The predicted octanol–water partition coefficient (Wildman–Crippen LogP) is 7.29. The van der Waals surface area contributed by atoms with Crippen molar-refractivity contribution in [1.82, 2.24) is 10.2 Å². The van der Waals surface area contributed by atoms with Gasteiger partial charge in [-0.1, -0.05) is 97.2 Å². The van der Waals surface area contributed by atoms with Crippen LogP contribution in [0.1, 0.15) is 30.5 Å². The second-order valence-electron chi connectivity index (χ2n) is 9.19. The lowest BCUT2D eigenvalue weighted by molar-refractivity contribution is -0.139. The maximum absolute atomic E-state index is 13.7. The quantitative estimate of drug-likeness (QED) is 0.246. The van der Waals surface area contributed by atoms with E-state index in [4.69, 9.17) is 34.8 Å². The van der Waals surface area contributed by atoms with E-state index in [0.29, 0.717) is 39.3 Å². The Balaban J connectivity index is 1.89. The highest BCUT2D eigenvalue weighted by Crippen LogP contribution is 2.28. The lowest BCUT2D eigenvalue weighted by Gasteiger charge is -2.32. The molecule has 3 aromatic carbocycles. The van der Waals surface area contributed by atoms with Crippen molar-refractivity contribution < 1.29 is 9.59 Å². The first-order valence-electron chi connectivity index (χ1n) is 12.1. The van der Waals surface area contributed by atoms with Gasteiger partial charge in [-0.05, 0) is 41.3 Å². The first kappa shape index (κ1) is 29.4. The Morgan fingerprint density at radius 2 is 1.54 bits per heavy atom. The van der Waals surface area contributed by atoms with Crippen molar-refractivity contribution in [3.63, 3.8) is 0 Å². The fraction of sp³-hybridized carbons (Fsp3) is 0.310. The molecule has 4 nitrogen and oxygen atoms in total. The van der Waals surface area contributed by atoms with Crippen molar-refractivity contribution in [3.05, 3.63) is 105 Å². The van der Waals surface area contributed by atoms with E-state index < -0.39 is 6.04 Å². The van der Waals surface area contributed by atoms with Crippen molar-refractivity contribution >= 4 is 58.4 Å². The number of rotatable bonds is 12. The maximum Gasteiger partial charge on any atom is 0.243 e. The average Bonchev–Trinajstić information content (AvgIpc) is 2.86. The van der Waals surface area contributed by atoms with Gasteiger partial charge in [-0.15, -0.1) is 11.8 Å². The van der Waals surface area contributed by atoms with Gasteiger partial charge in [0, 0.05) is 45.9 Å². The molecule has 0 aliphatic carbocycles. The third kappa shape index (κ3) is 9.26. The van der Waals surface area contributed by atoms with E-state index in [1.165, 1.54) is 11.8 Å². The minimum atomic E-state index is -0.729. The van der Waals surface area contributed by atoms with Gasteiger partial charge in [-0.25, -0.2) is 0 Å². The maximum atomic E-state index is 13.7. The number of carbonyl (C=O) groups excluding carboxylic acids is 2. The van der Waals surface area contributed by atoms with Crippen molar-refractivity contribution in [2.24, 2.45) is 5.92 Å². The van der Waals surface area contributed by atoms with Crippen molar-refractivity contribution in [2.75, 3.05) is 12.3 Å². The SMILES string of the molecule is CC(C)CNC(=O)[C@@H](Cc1ccccc1)N(Cc1c(Cl)cccc1Cl)C(=O)CSCc1cccc(Cl)c1. The Labute approximate surface area is 238 Å². The molecule has 0 saturated carbocycles. The topological polar surface area (TPSA) is 49.4 Å². The number of carbonyl (C=O) groups is 2. The molecule has 0 fully saturated rings. The zero-order valence-electron chi connectivity index (χ0n) is 20.9. The smallest absolute Gasteiger partial charge is 0.243 e. The zero-order valence-corrected chi connectivity index (χ0v) is 24.0. The van der Waals surface area contributed by atoms with Crippen LogP contribution < -0.4 is 5.32 Å². The molecule has 0 spiro atoms. The second kappa shape index (κ2) is 14.7. The summed E-state index contributed by atoms with van der Waals surface area (Å²) in [5.41, 5.74) is 2.61. The predicted molar refractivity (Wildman–Crippen MR) is 156 cm³/mol. The van der Waals surface area contributed by atoms with Gasteiger partial charge in [0.25, 0.3) is 0 Å². The third-order valence-electron chi connectivity index (χ3n) is 5.73. The van der Waals surface area contributed by atoms with Crippen LogP contribution >= 0.6 is 46.6 Å². The zero-order chi connectivity index (χ0) is 26.8. The van der Waals surface area contributed by atoms with E-state index in [2.05, 4.69) is 5.32 Å². The Morgan fingerprint density at radius 3 is 2.19 bits per heavy atom. The number of amides is 2. The van der Waals surface area contributed by atoms with Crippen LogP contribution in [-0.2, 0) is 28.3 Å². The summed E-state index contributed by atoms with van der Waals surface area (Å²) in [7, 11) is 0. The first-order valence-corrected chi connectivity index (χ1v) is 14.4. The molecule has 0 aromatic heterocycles. The minimum absolute atomic E-state index is 0.127. The Hall–Kier alpha value is -2.18. The van der Waals surface area contributed by atoms with Crippen molar-refractivity contribution in [2.45, 2.75) is 38.6 Å². The van der Waals surface area contributed by atoms with E-state index >= 15 is 0 Å². The molecule has 0 aliphatic heterocycles. The molecule has 0 bridgehead atoms. The second-order valence-corrected chi connectivity index (χ2v) is 11.4. The highest BCUT2D eigenvalue weighted by molar-refractivity contribution is 7.99. The van der Waals surface area contributed by atoms with E-state index in [1.807, 2.05) is 68.4 Å². The molecule has 0 radical (unpaired) electrons. The van der Waals surface area contributed by atoms with Gasteiger partial charge >= 0.3 is 0 Å². The highest BCUT2D eigenvalue weighted by atomic mass is 35.5. The van der Waals surface area contributed by atoms with Gasteiger partial charge in [0.1, 0.15) is 6.04 Å². The molecule has 3 aromatic rings. The molecule has 196 valence electrons. The summed E-state index contributed by atoms with van der Waals surface area (Å²) < 4.78 is 0. The van der Waals surface area contributed by atoms with E-state index in [-0.39, 0.29) is 30.0 Å². The van der Waals surface area contributed by atoms with Gasteiger partial charge in [0.2, 0.25) is 11.8 Å². The lowest BCUT2D eigenvalue weighted by atomic mass is 10.0. The van der Waals surface area contributed by atoms with Gasteiger partial charge in [0.05, 0.1) is 5.75 Å². The van der Waals surface area contributed by atoms with Gasteiger partial charge in [-0.2, -0.15) is 0 Å². The molecule has 0 aliphatic rings. The summed E-state index contributed by atoms with van der Waals surface area (Å²) in [5.74, 6) is 0.724. The average molecular weight is 578 g/mol. The lowest BCUT2D eigenvalue weighted by Crippen LogP contribution is -2.51. The standard InChI is InChI=1S/C29H31Cl3N2O2S/c1-20(2)16-33-29(36)27(15-21-8-4-3-5-9-21)34(17-24-25(31)12-7-13-26(24)32)28(35)19-37-18-22-10-6-11-23(30)14-22/h3-14,20,27H,15-19H2,1-2H3,(H,33,36)/t27-/m1/s1. The van der Waals surface area contributed by atoms with Crippen LogP contribution in [0.25, 0.3) is 0 Å². The molecule has 3 rings (SSSR count). The minimum Gasteiger partial charge on any atom is -0.354 e. The first-order chi connectivity index (χ1) is 17.7. The summed E-state index contributed by atoms with van der Waals surface area (Å²) >= 11 is 20.6. The molecule has 1 N–H and O–H groups in total. The normalized spacial score (nSPS) is 11.8. The number of benzene rings is 3. The Bertz CT molecular complexity index is 1170. The summed E-state index contributed by atoms with van der Waals surface area (Å²) in [5, 5.41) is 4.59. The van der Waals surface area contributed by atoms with Gasteiger partial charge in [0.15, 0.2) is 0 Å². The largest absolute Gasteiger partial charge is 0.354 e. The van der Waals surface area contributed by atoms with Crippen LogP contribution in [0, 0.1) is 5.92 Å². The fourth-order valence-corrected chi connectivity index (χ4v) is 5.38. The molecule has 8 heteroatoms. The number of hydrogen-bond donors (Lipinski definition) is 1. The molecular weight excluding hydrogens is 547 g/mol. The third-order valence-corrected chi connectivity index (χ3v) is 7.66. The van der Waals surface area contributed by atoms with Crippen LogP contribution in [0.15, 0.2) is 72.8 Å². The monoisotopic (exact) mass is 576 g/mol. The number of nitrogens with zero attached hydrogens (tertiary/aromatic N) is 1. The van der Waals surface area contributed by atoms with E-state index in [9.17, 15) is 9.59 Å². The van der Waals surface area contributed by atoms with Crippen molar-refractivity contribution in [3.8, 4) is 0 Å².